The highest BCUT2D eigenvalue weighted by Gasteiger charge is 2.25. The topological polar surface area (TPSA) is 79.0 Å². The lowest BCUT2D eigenvalue weighted by Crippen LogP contribution is -2.52. The molecule has 0 saturated carbocycles. The summed E-state index contributed by atoms with van der Waals surface area (Å²) in [7, 11) is 1.56. The van der Waals surface area contributed by atoms with Crippen LogP contribution in [0.5, 0.6) is 5.75 Å². The largest absolute Gasteiger partial charge is 0.497 e. The van der Waals surface area contributed by atoms with Crippen molar-refractivity contribution < 1.29 is 19.1 Å². The van der Waals surface area contributed by atoms with Crippen LogP contribution in [0.25, 0.3) is 0 Å². The van der Waals surface area contributed by atoms with E-state index < -0.39 is 0 Å². The maximum Gasteiger partial charge on any atom is 0.254 e. The summed E-state index contributed by atoms with van der Waals surface area (Å²) < 4.78 is 5.18. The number of carbonyl (C=O) groups is 3. The number of hydrogen-bond acceptors (Lipinski definition) is 4. The zero-order valence-corrected chi connectivity index (χ0v) is 19.2. The molecule has 0 bridgehead atoms. The first kappa shape index (κ1) is 23.3. The van der Waals surface area contributed by atoms with Gasteiger partial charge in [0, 0.05) is 37.3 Å². The van der Waals surface area contributed by atoms with E-state index in [-0.39, 0.29) is 29.7 Å². The van der Waals surface area contributed by atoms with Crippen molar-refractivity contribution in [2.45, 2.75) is 26.2 Å². The summed E-state index contributed by atoms with van der Waals surface area (Å²) in [6, 6.07) is 14.5. The maximum absolute atomic E-state index is 12.7. The predicted octanol–water partition coefficient (Wildman–Crippen LogP) is 2.71. The number of hydrogen-bond donors (Lipinski definition) is 1. The molecule has 3 amide bonds. The first-order valence-electron chi connectivity index (χ1n) is 10.8. The molecule has 0 spiro atoms. The third-order valence-electron chi connectivity index (χ3n) is 5.65. The Morgan fingerprint density at radius 2 is 1.53 bits per heavy atom. The molecule has 0 aromatic heterocycles. The highest BCUT2D eigenvalue weighted by Crippen LogP contribution is 2.22. The Hall–Kier alpha value is -3.35. The van der Waals surface area contributed by atoms with Gasteiger partial charge in [-0.15, -0.1) is 0 Å². The first-order valence-corrected chi connectivity index (χ1v) is 10.8. The van der Waals surface area contributed by atoms with Crippen molar-refractivity contribution in [3.63, 3.8) is 0 Å². The van der Waals surface area contributed by atoms with Gasteiger partial charge in [0.2, 0.25) is 5.91 Å². The maximum atomic E-state index is 12.7. The van der Waals surface area contributed by atoms with Crippen molar-refractivity contribution in [1.82, 2.24) is 15.1 Å². The van der Waals surface area contributed by atoms with Crippen LogP contribution in [0.2, 0.25) is 0 Å². The molecule has 7 nitrogen and oxygen atoms in total. The molecule has 3 rings (SSSR count). The second kappa shape index (κ2) is 9.85. The fourth-order valence-corrected chi connectivity index (χ4v) is 3.59. The van der Waals surface area contributed by atoms with E-state index >= 15 is 0 Å². The number of amides is 3. The lowest BCUT2D eigenvalue weighted by atomic mass is 9.87. The molecule has 32 heavy (non-hydrogen) atoms. The Kier molecular flexibility index (Phi) is 7.18. The monoisotopic (exact) mass is 437 g/mol. The van der Waals surface area contributed by atoms with Crippen molar-refractivity contribution >= 4 is 17.7 Å². The fraction of sp³-hybridized carbons (Fsp3) is 0.400. The number of piperazine rings is 1. The van der Waals surface area contributed by atoms with Gasteiger partial charge in [-0.3, -0.25) is 14.4 Å². The molecule has 1 aliphatic rings. The van der Waals surface area contributed by atoms with Crippen LogP contribution in [0.4, 0.5) is 0 Å². The molecule has 1 saturated heterocycles. The molecule has 0 aliphatic carbocycles. The lowest BCUT2D eigenvalue weighted by molar-refractivity contribution is -0.131. The van der Waals surface area contributed by atoms with Crippen LogP contribution in [0.3, 0.4) is 0 Å². The number of methoxy groups -OCH3 is 1. The second-order valence-corrected chi connectivity index (χ2v) is 8.91. The number of benzene rings is 2. The van der Waals surface area contributed by atoms with Crippen LogP contribution in [-0.4, -0.2) is 67.4 Å². The van der Waals surface area contributed by atoms with Gasteiger partial charge in [0.05, 0.1) is 13.7 Å². The average Bonchev–Trinajstić information content (AvgIpc) is 2.81. The summed E-state index contributed by atoms with van der Waals surface area (Å²) in [5, 5.41) is 2.70. The standard InChI is InChI=1S/C25H31N3O4/c1-25(2,3)20-10-8-18(9-11-20)23(30)26-17-22(29)27-12-14-28(15-13-27)24(31)19-6-5-7-21(16-19)32-4/h5-11,16H,12-15,17H2,1-4H3,(H,26,30). The van der Waals surface area contributed by atoms with Gasteiger partial charge in [0.15, 0.2) is 0 Å². The molecular weight excluding hydrogens is 406 g/mol. The van der Waals surface area contributed by atoms with Crippen LogP contribution in [0.1, 0.15) is 47.1 Å². The minimum Gasteiger partial charge on any atom is -0.497 e. The summed E-state index contributed by atoms with van der Waals surface area (Å²) >= 11 is 0. The molecule has 1 heterocycles. The first-order chi connectivity index (χ1) is 15.2. The summed E-state index contributed by atoms with van der Waals surface area (Å²) in [6.45, 7) is 8.05. The van der Waals surface area contributed by atoms with E-state index in [4.69, 9.17) is 4.74 Å². The van der Waals surface area contributed by atoms with E-state index in [1.165, 1.54) is 0 Å². The highest BCUT2D eigenvalue weighted by molar-refractivity contribution is 5.97. The molecule has 1 N–H and O–H groups in total. The Balaban J connectivity index is 1.48. The van der Waals surface area contributed by atoms with Crippen LogP contribution in [-0.2, 0) is 10.2 Å². The summed E-state index contributed by atoms with van der Waals surface area (Å²) in [5.41, 5.74) is 2.25. The van der Waals surface area contributed by atoms with E-state index in [1.807, 2.05) is 12.1 Å². The number of nitrogens with one attached hydrogen (secondary N) is 1. The van der Waals surface area contributed by atoms with Gasteiger partial charge in [0.25, 0.3) is 11.8 Å². The summed E-state index contributed by atoms with van der Waals surface area (Å²) in [6.07, 6.45) is 0. The Labute approximate surface area is 189 Å². The van der Waals surface area contributed by atoms with E-state index in [9.17, 15) is 14.4 Å². The zero-order chi connectivity index (χ0) is 23.3. The molecule has 0 unspecified atom stereocenters. The molecule has 2 aromatic rings. The van der Waals surface area contributed by atoms with Crippen molar-refractivity contribution in [3.8, 4) is 5.75 Å². The minimum absolute atomic E-state index is 0.0150. The third kappa shape index (κ3) is 5.66. The van der Waals surface area contributed by atoms with Gasteiger partial charge in [-0.25, -0.2) is 0 Å². The van der Waals surface area contributed by atoms with E-state index in [1.54, 1.807) is 53.3 Å². The fourth-order valence-electron chi connectivity index (χ4n) is 3.59. The van der Waals surface area contributed by atoms with Gasteiger partial charge in [0.1, 0.15) is 5.75 Å². The van der Waals surface area contributed by atoms with Crippen molar-refractivity contribution in [1.29, 1.82) is 0 Å². The number of carbonyl (C=O) groups excluding carboxylic acids is 3. The minimum atomic E-state index is -0.273. The average molecular weight is 438 g/mol. The van der Waals surface area contributed by atoms with Gasteiger partial charge >= 0.3 is 0 Å². The SMILES string of the molecule is COc1cccc(C(=O)N2CCN(C(=O)CNC(=O)c3ccc(C(C)(C)C)cc3)CC2)c1. The van der Waals surface area contributed by atoms with Gasteiger partial charge < -0.3 is 19.9 Å². The Morgan fingerprint density at radius 3 is 2.12 bits per heavy atom. The van der Waals surface area contributed by atoms with Crippen molar-refractivity contribution in [2.24, 2.45) is 0 Å². The van der Waals surface area contributed by atoms with Crippen LogP contribution in [0, 0.1) is 0 Å². The zero-order valence-electron chi connectivity index (χ0n) is 19.2. The highest BCUT2D eigenvalue weighted by atomic mass is 16.5. The molecular formula is C25H31N3O4. The van der Waals surface area contributed by atoms with E-state index in [2.05, 4.69) is 26.1 Å². The van der Waals surface area contributed by atoms with E-state index in [0.717, 1.165) is 5.56 Å². The van der Waals surface area contributed by atoms with Crippen LogP contribution >= 0.6 is 0 Å². The smallest absolute Gasteiger partial charge is 0.254 e. The molecule has 1 fully saturated rings. The van der Waals surface area contributed by atoms with Crippen LogP contribution in [0.15, 0.2) is 48.5 Å². The number of nitrogens with zero attached hydrogens (tertiary/aromatic N) is 2. The second-order valence-electron chi connectivity index (χ2n) is 8.91. The Morgan fingerprint density at radius 1 is 0.906 bits per heavy atom. The van der Waals surface area contributed by atoms with Gasteiger partial charge in [-0.1, -0.05) is 39.0 Å². The number of rotatable bonds is 5. The third-order valence-corrected chi connectivity index (χ3v) is 5.65. The molecule has 0 atom stereocenters. The molecule has 0 radical (unpaired) electrons. The predicted molar refractivity (Wildman–Crippen MR) is 123 cm³/mol. The van der Waals surface area contributed by atoms with Gasteiger partial charge in [-0.05, 0) is 41.3 Å². The lowest BCUT2D eigenvalue weighted by Gasteiger charge is -2.35. The van der Waals surface area contributed by atoms with Crippen LogP contribution < -0.4 is 10.1 Å². The molecule has 7 heteroatoms. The summed E-state index contributed by atoms with van der Waals surface area (Å²) in [5.74, 6) is 0.125. The van der Waals surface area contributed by atoms with E-state index in [0.29, 0.717) is 43.1 Å². The van der Waals surface area contributed by atoms with Crippen molar-refractivity contribution in [3.05, 3.63) is 65.2 Å². The van der Waals surface area contributed by atoms with Crippen molar-refractivity contribution in [2.75, 3.05) is 39.8 Å². The normalized spacial score (nSPS) is 14.1. The molecule has 1 aliphatic heterocycles. The Bertz CT molecular complexity index is 971. The number of ether oxygens (including phenoxy) is 1. The quantitative estimate of drug-likeness (QED) is 0.780. The van der Waals surface area contributed by atoms with Gasteiger partial charge in [-0.2, -0.15) is 0 Å². The summed E-state index contributed by atoms with van der Waals surface area (Å²) in [4.78, 5) is 41.1. The molecule has 2 aromatic carbocycles. The molecule has 170 valence electrons.